The summed E-state index contributed by atoms with van der Waals surface area (Å²) in [5.41, 5.74) is -0.460. The first-order valence-electron chi connectivity index (χ1n) is 13.9. The van der Waals surface area contributed by atoms with Crippen molar-refractivity contribution in [3.8, 4) is 11.5 Å². The van der Waals surface area contributed by atoms with E-state index in [2.05, 4.69) is 19.9 Å². The number of hydrogen-bond acceptors (Lipinski definition) is 7. The molecule has 0 spiro atoms. The number of rotatable bonds is 8. The summed E-state index contributed by atoms with van der Waals surface area (Å²) >= 11 is 0. The molecular formula is C30H28F5N5O4. The van der Waals surface area contributed by atoms with Crippen LogP contribution in [-0.4, -0.2) is 80.2 Å². The van der Waals surface area contributed by atoms with Crippen LogP contribution in [0, 0.1) is 17.5 Å². The molecule has 0 saturated carbocycles. The number of alkyl halides is 2. The fourth-order valence-corrected chi connectivity index (χ4v) is 6.30. The lowest BCUT2D eigenvalue weighted by molar-refractivity contribution is -0.118. The maximum atomic E-state index is 15.3. The number of pyridine rings is 1. The molecule has 2 amide bonds. The number of benzene rings is 2. The SMILES string of the molecule is COc1cc(F)c([C@@H]2CN(c3ccc(F)c(N4C[C@@H]5C[C@H]4CN5C)n3)C(=O)[C@H]2NC(=O)c2ccc(OC(F)F)cc2)c(F)c1. The Balaban J connectivity index is 1.32. The lowest BCUT2D eigenvalue weighted by atomic mass is 9.92. The van der Waals surface area contributed by atoms with Gasteiger partial charge in [0.25, 0.3) is 11.8 Å². The van der Waals surface area contributed by atoms with Crippen LogP contribution in [0.2, 0.25) is 0 Å². The number of likely N-dealkylation sites (tertiary alicyclic amines) is 1. The minimum atomic E-state index is -3.06. The van der Waals surface area contributed by atoms with Crippen LogP contribution in [0.3, 0.4) is 0 Å². The summed E-state index contributed by atoms with van der Waals surface area (Å²) in [7, 11) is 3.25. The number of halogens is 5. The number of nitrogens with one attached hydrogen (secondary N) is 1. The summed E-state index contributed by atoms with van der Waals surface area (Å²) < 4.78 is 80.0. The van der Waals surface area contributed by atoms with Gasteiger partial charge in [-0.25, -0.2) is 18.2 Å². The molecular weight excluding hydrogens is 589 g/mol. The van der Waals surface area contributed by atoms with Gasteiger partial charge in [0.15, 0.2) is 11.6 Å². The monoisotopic (exact) mass is 617 g/mol. The number of piperazine rings is 1. The fourth-order valence-electron chi connectivity index (χ4n) is 6.30. The van der Waals surface area contributed by atoms with Crippen molar-refractivity contribution in [2.24, 2.45) is 0 Å². The van der Waals surface area contributed by atoms with E-state index in [9.17, 15) is 18.4 Å². The van der Waals surface area contributed by atoms with E-state index >= 15 is 13.2 Å². The van der Waals surface area contributed by atoms with Crippen LogP contribution in [0.15, 0.2) is 48.5 Å². The number of anilines is 2. The highest BCUT2D eigenvalue weighted by Crippen LogP contribution is 2.39. The largest absolute Gasteiger partial charge is 0.497 e. The highest BCUT2D eigenvalue weighted by molar-refractivity contribution is 6.04. The summed E-state index contributed by atoms with van der Waals surface area (Å²) in [4.78, 5) is 36.7. The number of nitrogens with zero attached hydrogens (tertiary/aromatic N) is 4. The molecule has 3 aliphatic heterocycles. The maximum Gasteiger partial charge on any atom is 0.387 e. The Kier molecular flexibility index (Phi) is 7.78. The van der Waals surface area contributed by atoms with Gasteiger partial charge in [0, 0.05) is 60.9 Å². The first-order chi connectivity index (χ1) is 21.0. The Morgan fingerprint density at radius 1 is 0.955 bits per heavy atom. The number of carbonyl (C=O) groups excluding carboxylic acids is 2. The van der Waals surface area contributed by atoms with Gasteiger partial charge < -0.3 is 19.7 Å². The van der Waals surface area contributed by atoms with Gasteiger partial charge in [-0.3, -0.25) is 19.4 Å². The standard InChI is InChI=1S/C30H28F5N5O4/c1-38-12-17-9-16(38)13-39(17)27-21(31)7-8-24(36-27)40-14-20(25-22(32)10-19(43-2)11-23(25)33)26(29(40)42)37-28(41)15-3-5-18(6-4-15)44-30(34)35/h3-8,10-11,16-17,20,26,30H,9,12-14H2,1-2H3,(H,37,41)/t16-,17-,20-,26-/m0/s1. The van der Waals surface area contributed by atoms with Crippen LogP contribution in [-0.2, 0) is 4.79 Å². The molecule has 14 heteroatoms. The van der Waals surface area contributed by atoms with Crippen molar-refractivity contribution in [2.75, 3.05) is 43.6 Å². The summed E-state index contributed by atoms with van der Waals surface area (Å²) in [5, 5.41) is 2.54. The molecule has 2 aromatic carbocycles. The second kappa shape index (κ2) is 11.6. The van der Waals surface area contributed by atoms with Crippen LogP contribution in [0.4, 0.5) is 33.6 Å². The minimum Gasteiger partial charge on any atom is -0.497 e. The molecule has 44 heavy (non-hydrogen) atoms. The smallest absolute Gasteiger partial charge is 0.387 e. The van der Waals surface area contributed by atoms with Gasteiger partial charge >= 0.3 is 6.61 Å². The van der Waals surface area contributed by atoms with Crippen molar-refractivity contribution in [3.05, 3.63) is 77.1 Å². The Hall–Kier alpha value is -4.46. The molecule has 4 atom stereocenters. The van der Waals surface area contributed by atoms with Crippen molar-refractivity contribution in [2.45, 2.75) is 37.1 Å². The topological polar surface area (TPSA) is 87.2 Å². The van der Waals surface area contributed by atoms with Gasteiger partial charge in [0.1, 0.15) is 35.0 Å². The zero-order valence-electron chi connectivity index (χ0n) is 23.6. The average Bonchev–Trinajstić information content (AvgIpc) is 3.66. The van der Waals surface area contributed by atoms with Gasteiger partial charge in [0.2, 0.25) is 0 Å². The molecule has 6 rings (SSSR count). The quantitative estimate of drug-likeness (QED) is 0.384. The van der Waals surface area contributed by atoms with Gasteiger partial charge in [-0.1, -0.05) is 0 Å². The van der Waals surface area contributed by atoms with Crippen molar-refractivity contribution in [1.29, 1.82) is 0 Å². The number of amides is 2. The first kappa shape index (κ1) is 29.6. The second-order valence-electron chi connectivity index (χ2n) is 11.0. The van der Waals surface area contributed by atoms with Gasteiger partial charge in [0.05, 0.1) is 7.11 Å². The van der Waals surface area contributed by atoms with Crippen LogP contribution in [0.1, 0.15) is 28.3 Å². The van der Waals surface area contributed by atoms with E-state index in [1.807, 2.05) is 11.9 Å². The normalized spacial score (nSPS) is 23.1. The van der Waals surface area contributed by atoms with Crippen LogP contribution < -0.4 is 24.6 Å². The predicted molar refractivity (Wildman–Crippen MR) is 149 cm³/mol. The number of fused-ring (bicyclic) bond motifs is 2. The van der Waals surface area contributed by atoms with E-state index in [4.69, 9.17) is 4.74 Å². The Morgan fingerprint density at radius 2 is 1.66 bits per heavy atom. The van der Waals surface area contributed by atoms with Gasteiger partial charge in [-0.05, 0) is 49.9 Å². The molecule has 0 radical (unpaired) electrons. The van der Waals surface area contributed by atoms with Gasteiger partial charge in [-0.15, -0.1) is 0 Å². The van der Waals surface area contributed by atoms with E-state index in [0.29, 0.717) is 6.54 Å². The lowest BCUT2D eigenvalue weighted by Gasteiger charge is -2.33. The highest BCUT2D eigenvalue weighted by Gasteiger charge is 2.47. The number of ether oxygens (including phenoxy) is 2. The summed E-state index contributed by atoms with van der Waals surface area (Å²) in [6, 6.07) is 8.01. The third-order valence-electron chi connectivity index (χ3n) is 8.48. The summed E-state index contributed by atoms with van der Waals surface area (Å²) in [6.07, 6.45) is 0.853. The van der Waals surface area contributed by atoms with E-state index in [-0.39, 0.29) is 47.3 Å². The Bertz CT molecular complexity index is 1570. The van der Waals surface area contributed by atoms with Crippen LogP contribution >= 0.6 is 0 Å². The van der Waals surface area contributed by atoms with Crippen molar-refractivity contribution < 1.29 is 41.0 Å². The lowest BCUT2D eigenvalue weighted by Crippen LogP contribution is -2.45. The van der Waals surface area contributed by atoms with Crippen LogP contribution in [0.5, 0.6) is 11.5 Å². The molecule has 4 heterocycles. The number of aromatic nitrogens is 1. The van der Waals surface area contributed by atoms with E-state index < -0.39 is 53.4 Å². The second-order valence-corrected chi connectivity index (χ2v) is 11.0. The van der Waals surface area contributed by atoms with Crippen LogP contribution in [0.25, 0.3) is 0 Å². The van der Waals surface area contributed by atoms with E-state index in [1.165, 1.54) is 36.3 Å². The molecule has 0 aliphatic carbocycles. The number of methoxy groups -OCH3 is 1. The fraction of sp³-hybridized carbons (Fsp3) is 0.367. The Morgan fingerprint density at radius 3 is 2.25 bits per heavy atom. The predicted octanol–water partition coefficient (Wildman–Crippen LogP) is 3.93. The molecule has 232 valence electrons. The third-order valence-corrected chi connectivity index (χ3v) is 8.48. The average molecular weight is 618 g/mol. The van der Waals surface area contributed by atoms with Crippen molar-refractivity contribution in [3.63, 3.8) is 0 Å². The third kappa shape index (κ3) is 5.38. The van der Waals surface area contributed by atoms with E-state index in [0.717, 1.165) is 37.2 Å². The van der Waals surface area contributed by atoms with Crippen molar-refractivity contribution in [1.82, 2.24) is 15.2 Å². The number of likely N-dealkylation sites (N-methyl/N-ethyl adjacent to an activating group) is 1. The molecule has 9 nitrogen and oxygen atoms in total. The molecule has 3 aromatic rings. The van der Waals surface area contributed by atoms with E-state index in [1.54, 1.807) is 0 Å². The summed E-state index contributed by atoms with van der Waals surface area (Å²) in [6.45, 7) is -2.04. The number of carbonyl (C=O) groups is 2. The van der Waals surface area contributed by atoms with Crippen molar-refractivity contribution >= 4 is 23.5 Å². The molecule has 1 aromatic heterocycles. The molecule has 3 saturated heterocycles. The minimum absolute atomic E-state index is 0.0106. The zero-order valence-corrected chi connectivity index (χ0v) is 23.6. The van der Waals surface area contributed by atoms with Gasteiger partial charge in [-0.2, -0.15) is 8.78 Å². The molecule has 2 bridgehead atoms. The zero-order chi connectivity index (χ0) is 31.3. The molecule has 3 fully saturated rings. The number of hydrogen-bond donors (Lipinski definition) is 1. The highest BCUT2D eigenvalue weighted by atomic mass is 19.3. The Labute approximate surface area is 249 Å². The molecule has 3 aliphatic rings. The summed E-state index contributed by atoms with van der Waals surface area (Å²) in [5.74, 6) is -5.39. The first-order valence-corrected chi connectivity index (χ1v) is 13.9. The molecule has 0 unspecified atom stereocenters. The molecule has 1 N–H and O–H groups in total. The maximum absolute atomic E-state index is 15.3.